The molecule has 110 valence electrons. The van der Waals surface area contributed by atoms with Crippen LogP contribution < -0.4 is 0 Å². The van der Waals surface area contributed by atoms with E-state index in [0.717, 1.165) is 5.56 Å². The van der Waals surface area contributed by atoms with Crippen LogP contribution in [0.4, 0.5) is 0 Å². The summed E-state index contributed by atoms with van der Waals surface area (Å²) in [6.45, 7) is 1.47. The van der Waals surface area contributed by atoms with Gasteiger partial charge in [-0.3, -0.25) is 0 Å². The molecule has 1 N–H and O–H groups in total. The summed E-state index contributed by atoms with van der Waals surface area (Å²) >= 11 is 1.22. The van der Waals surface area contributed by atoms with Gasteiger partial charge < -0.3 is 9.84 Å². The molecule has 5 nitrogen and oxygen atoms in total. The lowest BCUT2D eigenvalue weighted by Crippen LogP contribution is -1.99. The molecular weight excluding hydrogens is 300 g/mol. The number of aliphatic hydroxyl groups excluding tert-OH is 1. The van der Waals surface area contributed by atoms with Gasteiger partial charge >= 0.3 is 5.97 Å². The first-order valence-corrected chi connectivity index (χ1v) is 7.12. The molecular formula is C16H12N2O3S. The van der Waals surface area contributed by atoms with Crippen LogP contribution in [0.15, 0.2) is 18.2 Å². The summed E-state index contributed by atoms with van der Waals surface area (Å²) in [5.74, 6) is 4.81. The summed E-state index contributed by atoms with van der Waals surface area (Å²) in [5, 5.41) is 18.6. The SMILES string of the molecule is COC(=O)c1sc(-c2ccc(C#CCO)c(C#N)c2)nc1C. The quantitative estimate of drug-likeness (QED) is 0.678. The van der Waals surface area contributed by atoms with Gasteiger partial charge in [0.25, 0.3) is 0 Å². The van der Waals surface area contributed by atoms with Gasteiger partial charge in [0.15, 0.2) is 0 Å². The zero-order chi connectivity index (χ0) is 16.1. The van der Waals surface area contributed by atoms with Crippen molar-refractivity contribution in [2.45, 2.75) is 6.92 Å². The Hall–Kier alpha value is -2.67. The van der Waals surface area contributed by atoms with Crippen molar-refractivity contribution < 1.29 is 14.6 Å². The molecule has 22 heavy (non-hydrogen) atoms. The third kappa shape index (κ3) is 3.15. The Labute approximate surface area is 131 Å². The van der Waals surface area contributed by atoms with Gasteiger partial charge in [-0.1, -0.05) is 17.9 Å². The van der Waals surface area contributed by atoms with Gasteiger partial charge in [-0.05, 0) is 19.1 Å². The zero-order valence-corrected chi connectivity index (χ0v) is 12.8. The molecule has 0 aliphatic carbocycles. The van der Waals surface area contributed by atoms with E-state index in [1.807, 2.05) is 0 Å². The normalized spacial score (nSPS) is 9.55. The van der Waals surface area contributed by atoms with Gasteiger partial charge in [0.2, 0.25) is 0 Å². The van der Waals surface area contributed by atoms with Gasteiger partial charge in [0.05, 0.1) is 18.4 Å². The number of hydrogen-bond donors (Lipinski definition) is 1. The number of benzene rings is 1. The minimum absolute atomic E-state index is 0.263. The van der Waals surface area contributed by atoms with Gasteiger partial charge in [-0.25, -0.2) is 9.78 Å². The fourth-order valence-corrected chi connectivity index (χ4v) is 2.80. The van der Waals surface area contributed by atoms with E-state index >= 15 is 0 Å². The molecule has 6 heteroatoms. The first-order chi connectivity index (χ1) is 10.6. The molecule has 0 radical (unpaired) electrons. The van der Waals surface area contributed by atoms with Crippen molar-refractivity contribution in [3.05, 3.63) is 39.9 Å². The first-order valence-electron chi connectivity index (χ1n) is 6.30. The summed E-state index contributed by atoms with van der Waals surface area (Å²) in [6, 6.07) is 7.22. The number of esters is 1. The molecule has 2 aromatic rings. The molecule has 1 aromatic carbocycles. The van der Waals surface area contributed by atoms with Crippen LogP contribution in [0.5, 0.6) is 0 Å². The molecule has 0 spiro atoms. The van der Waals surface area contributed by atoms with Gasteiger partial charge in [-0.15, -0.1) is 11.3 Å². The Morgan fingerprint density at radius 1 is 1.45 bits per heavy atom. The predicted molar refractivity (Wildman–Crippen MR) is 82.3 cm³/mol. The number of aromatic nitrogens is 1. The smallest absolute Gasteiger partial charge is 0.349 e. The van der Waals surface area contributed by atoms with E-state index in [9.17, 15) is 10.1 Å². The second-order valence-electron chi connectivity index (χ2n) is 4.26. The van der Waals surface area contributed by atoms with Gasteiger partial charge in [0.1, 0.15) is 22.6 Å². The number of carbonyl (C=O) groups is 1. The van der Waals surface area contributed by atoms with Gasteiger partial charge in [0, 0.05) is 11.1 Å². The number of hydrogen-bond acceptors (Lipinski definition) is 6. The summed E-state index contributed by atoms with van der Waals surface area (Å²) < 4.78 is 4.71. The minimum Gasteiger partial charge on any atom is -0.465 e. The van der Waals surface area contributed by atoms with Crippen molar-refractivity contribution in [1.82, 2.24) is 4.98 Å². The molecule has 1 aromatic heterocycles. The van der Waals surface area contributed by atoms with Crippen LogP contribution in [0.3, 0.4) is 0 Å². The summed E-state index contributed by atoms with van der Waals surface area (Å²) in [4.78, 5) is 16.4. The van der Waals surface area contributed by atoms with Crippen LogP contribution >= 0.6 is 11.3 Å². The van der Waals surface area contributed by atoms with E-state index in [1.165, 1.54) is 18.4 Å². The maximum atomic E-state index is 11.6. The van der Waals surface area contributed by atoms with Crippen LogP contribution in [0.2, 0.25) is 0 Å². The topological polar surface area (TPSA) is 83.2 Å². The zero-order valence-electron chi connectivity index (χ0n) is 12.0. The largest absolute Gasteiger partial charge is 0.465 e. The third-order valence-corrected chi connectivity index (χ3v) is 4.04. The number of thiazole rings is 1. The van der Waals surface area contributed by atoms with E-state index in [2.05, 4.69) is 22.9 Å². The van der Waals surface area contributed by atoms with Crippen molar-refractivity contribution in [2.24, 2.45) is 0 Å². The lowest BCUT2D eigenvalue weighted by molar-refractivity contribution is 0.0605. The summed E-state index contributed by atoms with van der Waals surface area (Å²) in [7, 11) is 1.32. The molecule has 2 rings (SSSR count). The Morgan fingerprint density at radius 3 is 2.86 bits per heavy atom. The molecule has 0 unspecified atom stereocenters. The molecule has 0 amide bonds. The lowest BCUT2D eigenvalue weighted by Gasteiger charge is -1.99. The van der Waals surface area contributed by atoms with E-state index in [1.54, 1.807) is 25.1 Å². The maximum absolute atomic E-state index is 11.6. The number of methoxy groups -OCH3 is 1. The molecule has 0 saturated heterocycles. The lowest BCUT2D eigenvalue weighted by atomic mass is 10.1. The number of aliphatic hydroxyl groups is 1. The second-order valence-corrected chi connectivity index (χ2v) is 5.26. The molecule has 0 fully saturated rings. The van der Waals surface area contributed by atoms with Crippen LogP contribution in [0, 0.1) is 30.1 Å². The van der Waals surface area contributed by atoms with Crippen LogP contribution in [0.25, 0.3) is 10.6 Å². The Morgan fingerprint density at radius 2 is 2.23 bits per heavy atom. The summed E-state index contributed by atoms with van der Waals surface area (Å²) in [5.41, 5.74) is 2.26. The fourth-order valence-electron chi connectivity index (χ4n) is 1.82. The number of nitriles is 1. The number of rotatable bonds is 2. The number of nitrogens with zero attached hydrogens (tertiary/aromatic N) is 2. The van der Waals surface area contributed by atoms with Crippen molar-refractivity contribution in [2.75, 3.05) is 13.7 Å². The highest BCUT2D eigenvalue weighted by atomic mass is 32.1. The molecule has 1 heterocycles. The monoisotopic (exact) mass is 312 g/mol. The van der Waals surface area contributed by atoms with Crippen LogP contribution in [-0.4, -0.2) is 29.8 Å². The highest BCUT2D eigenvalue weighted by molar-refractivity contribution is 7.17. The van der Waals surface area contributed by atoms with Crippen LogP contribution in [0.1, 0.15) is 26.5 Å². The van der Waals surface area contributed by atoms with Crippen LogP contribution in [-0.2, 0) is 4.74 Å². The Kier molecular flexibility index (Phi) is 4.90. The number of aryl methyl sites for hydroxylation is 1. The fraction of sp³-hybridized carbons (Fsp3) is 0.188. The maximum Gasteiger partial charge on any atom is 0.349 e. The average molecular weight is 312 g/mol. The van der Waals surface area contributed by atoms with Crippen molar-refractivity contribution >= 4 is 17.3 Å². The standard InChI is InChI=1S/C16H12N2O3S/c1-10-14(16(20)21-2)22-15(18-10)12-6-5-11(4-3-7-19)13(8-12)9-17/h5-6,8,19H,7H2,1-2H3. The average Bonchev–Trinajstić information content (AvgIpc) is 2.93. The predicted octanol–water partition coefficient (Wildman–Crippen LogP) is 2.12. The molecule has 0 bridgehead atoms. The van der Waals surface area contributed by atoms with Crippen molar-refractivity contribution in [1.29, 1.82) is 5.26 Å². The van der Waals surface area contributed by atoms with Crippen molar-refractivity contribution in [3.8, 4) is 28.5 Å². The van der Waals surface area contributed by atoms with E-state index in [0.29, 0.717) is 26.7 Å². The number of ether oxygens (including phenoxy) is 1. The second kappa shape index (κ2) is 6.86. The van der Waals surface area contributed by atoms with Crippen molar-refractivity contribution in [3.63, 3.8) is 0 Å². The highest BCUT2D eigenvalue weighted by Crippen LogP contribution is 2.29. The van der Waals surface area contributed by atoms with E-state index in [4.69, 9.17) is 9.84 Å². The third-order valence-electron chi connectivity index (χ3n) is 2.86. The van der Waals surface area contributed by atoms with E-state index in [-0.39, 0.29) is 6.61 Å². The molecule has 0 aliphatic heterocycles. The van der Waals surface area contributed by atoms with E-state index < -0.39 is 5.97 Å². The summed E-state index contributed by atoms with van der Waals surface area (Å²) in [6.07, 6.45) is 0. The Bertz CT molecular complexity index is 822. The number of carbonyl (C=O) groups excluding carboxylic acids is 1. The minimum atomic E-state index is -0.424. The Balaban J connectivity index is 2.46. The molecule has 0 saturated carbocycles. The molecule has 0 aliphatic rings. The van der Waals surface area contributed by atoms with Gasteiger partial charge in [-0.2, -0.15) is 5.26 Å². The molecule has 0 atom stereocenters. The highest BCUT2D eigenvalue weighted by Gasteiger charge is 2.17. The first kappa shape index (κ1) is 15.7.